The van der Waals surface area contributed by atoms with Crippen molar-refractivity contribution < 1.29 is 14.2 Å². The van der Waals surface area contributed by atoms with Gasteiger partial charge < -0.3 is 28.9 Å². The molecule has 1 aromatic heterocycles. The first-order valence-electron chi connectivity index (χ1n) is 17.4. The molecule has 0 radical (unpaired) electrons. The highest BCUT2D eigenvalue weighted by Crippen LogP contribution is 2.40. The molecule has 4 heterocycles. The summed E-state index contributed by atoms with van der Waals surface area (Å²) in [6.45, 7) is 9.21. The monoisotopic (exact) mass is 735 g/mol. The number of nitrogens with zero attached hydrogens (tertiary/aromatic N) is 7. The number of ether oxygens (including phenoxy) is 3. The number of rotatable bonds is 12. The second-order valence-corrected chi connectivity index (χ2v) is 14.7. The van der Waals surface area contributed by atoms with Gasteiger partial charge in [0.1, 0.15) is 37.7 Å². The van der Waals surface area contributed by atoms with E-state index in [1.807, 2.05) is 30.0 Å². The van der Waals surface area contributed by atoms with Gasteiger partial charge in [-0.2, -0.15) is 5.10 Å². The maximum absolute atomic E-state index is 6.60. The number of hydrogen-bond acceptors (Lipinski definition) is 9. The van der Waals surface area contributed by atoms with Gasteiger partial charge in [0.2, 0.25) is 5.79 Å². The third kappa shape index (κ3) is 8.35. The van der Waals surface area contributed by atoms with Crippen LogP contribution >= 0.6 is 35.0 Å². The standard InChI is InChI=1S/C37H43Cl2N7O3S/c1-2-3-15-45-16-4-21-50-36(45)42-29-6-8-30(9-7-29)43-17-19-44(20-18-43)31-10-12-32(13-11-31)47-23-33-24-48-37(49-33,25-46-27-40-26-41-46)34-14-5-28(38)22-35(34)39/h5-14,22,26-27,33H,2-4,15-21,23-25H2,1H3/b42-36-. The molecular formula is C37H43Cl2N7O3S. The van der Waals surface area contributed by atoms with Gasteiger partial charge in [0, 0.05) is 67.0 Å². The summed E-state index contributed by atoms with van der Waals surface area (Å²) in [6, 6.07) is 22.3. The van der Waals surface area contributed by atoms with E-state index < -0.39 is 5.79 Å². The second kappa shape index (κ2) is 16.2. The topological polar surface area (TPSA) is 80.5 Å². The van der Waals surface area contributed by atoms with Gasteiger partial charge in [0.25, 0.3) is 0 Å². The second-order valence-electron chi connectivity index (χ2n) is 12.8. The normalized spacial score (nSPS) is 22.0. The molecule has 7 rings (SSSR count). The molecule has 3 aliphatic heterocycles. The molecule has 10 nitrogen and oxygen atoms in total. The number of amidine groups is 1. The van der Waals surface area contributed by atoms with E-state index in [4.69, 9.17) is 42.4 Å². The number of hydrogen-bond donors (Lipinski definition) is 0. The molecule has 2 unspecified atom stereocenters. The van der Waals surface area contributed by atoms with Crippen molar-refractivity contribution in [1.82, 2.24) is 19.7 Å². The number of aromatic nitrogens is 3. The minimum Gasteiger partial charge on any atom is -0.491 e. The van der Waals surface area contributed by atoms with Crippen molar-refractivity contribution in [3.8, 4) is 5.75 Å². The number of anilines is 2. The average Bonchev–Trinajstić information content (AvgIpc) is 3.81. The van der Waals surface area contributed by atoms with Gasteiger partial charge in [-0.3, -0.25) is 0 Å². The van der Waals surface area contributed by atoms with Crippen LogP contribution in [0.1, 0.15) is 31.7 Å². The Bertz CT molecular complexity index is 1720. The lowest BCUT2D eigenvalue weighted by Gasteiger charge is -2.37. The number of benzene rings is 3. The molecule has 2 atom stereocenters. The first-order chi connectivity index (χ1) is 24.5. The number of unbranched alkanes of at least 4 members (excludes halogenated alkanes) is 1. The number of thioether (sulfide) groups is 1. The molecule has 4 aromatic rings. The molecule has 264 valence electrons. The van der Waals surface area contributed by atoms with E-state index in [2.05, 4.69) is 68.1 Å². The van der Waals surface area contributed by atoms with Gasteiger partial charge in [-0.25, -0.2) is 14.7 Å². The third-order valence-corrected chi connectivity index (χ3v) is 10.9. The molecule has 0 saturated carbocycles. The Morgan fingerprint density at radius 3 is 2.38 bits per heavy atom. The SMILES string of the molecule is CCCCN1CCCS/C1=N\c1ccc(N2CCN(c3ccc(OCC4COC(Cn5cncn5)(c5ccc(Cl)cc5Cl)O4)cc3)CC2)cc1. The van der Waals surface area contributed by atoms with E-state index in [1.165, 1.54) is 42.1 Å². The summed E-state index contributed by atoms with van der Waals surface area (Å²) in [5.74, 6) is 0.785. The summed E-state index contributed by atoms with van der Waals surface area (Å²) in [6.07, 6.45) is 6.44. The maximum Gasteiger partial charge on any atom is 0.217 e. The fourth-order valence-electron chi connectivity index (χ4n) is 6.56. The van der Waals surface area contributed by atoms with Crippen LogP contribution in [0.15, 0.2) is 84.4 Å². The van der Waals surface area contributed by atoms with Crippen LogP contribution in [0.5, 0.6) is 5.75 Å². The lowest BCUT2D eigenvalue weighted by molar-refractivity contribution is -0.190. The van der Waals surface area contributed by atoms with E-state index in [9.17, 15) is 0 Å². The van der Waals surface area contributed by atoms with Crippen LogP contribution in [0.3, 0.4) is 0 Å². The zero-order chi connectivity index (χ0) is 34.3. The van der Waals surface area contributed by atoms with Crippen LogP contribution in [-0.4, -0.2) is 89.2 Å². The highest BCUT2D eigenvalue weighted by Gasteiger charge is 2.45. The Labute approximate surface area is 308 Å². The summed E-state index contributed by atoms with van der Waals surface area (Å²) in [5, 5.41) is 6.41. The van der Waals surface area contributed by atoms with E-state index in [0.29, 0.717) is 28.8 Å². The molecule has 3 fully saturated rings. The fourth-order valence-corrected chi connectivity index (χ4v) is 8.10. The van der Waals surface area contributed by atoms with Crippen molar-refractivity contribution in [2.75, 3.05) is 68.0 Å². The fraction of sp³-hybridized carbons (Fsp3) is 0.432. The van der Waals surface area contributed by atoms with Crippen LogP contribution in [0.25, 0.3) is 0 Å². The molecule has 3 aromatic carbocycles. The van der Waals surface area contributed by atoms with E-state index in [1.54, 1.807) is 23.1 Å². The molecule has 0 N–H and O–H groups in total. The molecule has 0 spiro atoms. The molecule has 13 heteroatoms. The minimum atomic E-state index is -1.14. The molecule has 50 heavy (non-hydrogen) atoms. The maximum atomic E-state index is 6.60. The van der Waals surface area contributed by atoms with Gasteiger partial charge in [-0.05, 0) is 73.5 Å². The summed E-state index contributed by atoms with van der Waals surface area (Å²) >= 11 is 14.7. The highest BCUT2D eigenvalue weighted by atomic mass is 35.5. The van der Waals surface area contributed by atoms with Crippen molar-refractivity contribution >= 4 is 57.2 Å². The van der Waals surface area contributed by atoms with Gasteiger partial charge >= 0.3 is 0 Å². The van der Waals surface area contributed by atoms with Gasteiger partial charge in [-0.1, -0.05) is 54.4 Å². The Morgan fingerprint density at radius 1 is 0.960 bits per heavy atom. The van der Waals surface area contributed by atoms with Gasteiger partial charge in [0.15, 0.2) is 5.17 Å². The smallest absolute Gasteiger partial charge is 0.217 e. The van der Waals surface area contributed by atoms with Crippen molar-refractivity contribution in [3.05, 3.63) is 95.0 Å². The van der Waals surface area contributed by atoms with Crippen LogP contribution in [0, 0.1) is 0 Å². The number of halogens is 2. The largest absolute Gasteiger partial charge is 0.491 e. The van der Waals surface area contributed by atoms with Crippen molar-refractivity contribution in [2.24, 2.45) is 4.99 Å². The lowest BCUT2D eigenvalue weighted by Crippen LogP contribution is -2.46. The van der Waals surface area contributed by atoms with Crippen LogP contribution in [-0.2, 0) is 21.8 Å². The number of aliphatic imine (C=N–C) groups is 1. The van der Waals surface area contributed by atoms with Crippen molar-refractivity contribution in [3.63, 3.8) is 0 Å². The van der Waals surface area contributed by atoms with Crippen LogP contribution in [0.2, 0.25) is 10.0 Å². The van der Waals surface area contributed by atoms with Gasteiger partial charge in [0.05, 0.1) is 17.3 Å². The minimum absolute atomic E-state index is 0.283. The van der Waals surface area contributed by atoms with E-state index >= 15 is 0 Å². The summed E-state index contributed by atoms with van der Waals surface area (Å²) < 4.78 is 20.6. The molecule has 0 amide bonds. The van der Waals surface area contributed by atoms with E-state index in [-0.39, 0.29) is 12.6 Å². The highest BCUT2D eigenvalue weighted by molar-refractivity contribution is 8.13. The number of piperazine rings is 1. The quantitative estimate of drug-likeness (QED) is 0.147. The Morgan fingerprint density at radius 2 is 1.70 bits per heavy atom. The summed E-state index contributed by atoms with van der Waals surface area (Å²) in [5.41, 5.74) is 4.15. The van der Waals surface area contributed by atoms with E-state index in [0.717, 1.165) is 56.5 Å². The Balaban J connectivity index is 0.906. The predicted octanol–water partition coefficient (Wildman–Crippen LogP) is 7.49. The average molecular weight is 737 g/mol. The van der Waals surface area contributed by atoms with Crippen LogP contribution < -0.4 is 14.5 Å². The first kappa shape index (κ1) is 34.9. The first-order valence-corrected chi connectivity index (χ1v) is 19.1. The summed E-state index contributed by atoms with van der Waals surface area (Å²) in [7, 11) is 0. The molecule has 0 bridgehead atoms. The lowest BCUT2D eigenvalue weighted by atomic mass is 10.1. The molecule has 3 saturated heterocycles. The Kier molecular flexibility index (Phi) is 11.4. The Hall–Kier alpha value is -3.48. The van der Waals surface area contributed by atoms with Crippen LogP contribution in [0.4, 0.5) is 17.1 Å². The predicted molar refractivity (Wildman–Crippen MR) is 202 cm³/mol. The third-order valence-electron chi connectivity index (χ3n) is 9.25. The molecule has 0 aliphatic carbocycles. The van der Waals surface area contributed by atoms with Gasteiger partial charge in [-0.15, -0.1) is 0 Å². The van der Waals surface area contributed by atoms with Crippen molar-refractivity contribution in [1.29, 1.82) is 0 Å². The van der Waals surface area contributed by atoms with Crippen molar-refractivity contribution in [2.45, 2.75) is 44.6 Å². The zero-order valence-corrected chi connectivity index (χ0v) is 30.6. The molecule has 3 aliphatic rings. The zero-order valence-electron chi connectivity index (χ0n) is 28.3. The molecular weight excluding hydrogens is 693 g/mol. The summed E-state index contributed by atoms with van der Waals surface area (Å²) in [4.78, 5) is 16.4.